The molecule has 6 rings (SSSR count). The van der Waals surface area contributed by atoms with E-state index in [4.69, 9.17) is 13.9 Å². The molecule has 0 aliphatic rings. The van der Waals surface area contributed by atoms with Crippen molar-refractivity contribution in [2.24, 2.45) is 0 Å². The molecule has 36 heavy (non-hydrogen) atoms. The third-order valence-electron chi connectivity index (χ3n) is 6.36. The maximum Gasteiger partial charge on any atom is 0.226 e. The Balaban J connectivity index is 1.46. The molecule has 0 amide bonds. The molecule has 0 unspecified atom stereocenters. The van der Waals surface area contributed by atoms with Gasteiger partial charge in [-0.2, -0.15) is 0 Å². The Hall–Kier alpha value is -4.71. The highest BCUT2D eigenvalue weighted by Gasteiger charge is 2.21. The van der Waals surface area contributed by atoms with Gasteiger partial charge in [0.2, 0.25) is 5.89 Å². The second-order valence-corrected chi connectivity index (χ2v) is 8.51. The number of aromatic hydroxyl groups is 1. The first-order valence-corrected chi connectivity index (χ1v) is 11.7. The van der Waals surface area contributed by atoms with Gasteiger partial charge in [-0.1, -0.05) is 48.5 Å². The van der Waals surface area contributed by atoms with E-state index < -0.39 is 0 Å². The maximum absolute atomic E-state index is 10.7. The van der Waals surface area contributed by atoms with Crippen LogP contribution in [0.1, 0.15) is 11.5 Å². The Bertz CT molecular complexity index is 1700. The number of phenols is 1. The minimum absolute atomic E-state index is 0.206. The molecule has 6 aromatic rings. The van der Waals surface area contributed by atoms with Crippen LogP contribution in [0.4, 0.5) is 0 Å². The van der Waals surface area contributed by atoms with Gasteiger partial charge in [0.25, 0.3) is 0 Å². The van der Waals surface area contributed by atoms with Crippen molar-refractivity contribution in [3.05, 3.63) is 102 Å². The quantitative estimate of drug-likeness (QED) is 0.279. The summed E-state index contributed by atoms with van der Waals surface area (Å²) in [6, 6.07) is 29.1. The van der Waals surface area contributed by atoms with Crippen LogP contribution in [0.2, 0.25) is 0 Å². The Morgan fingerprint density at radius 1 is 0.861 bits per heavy atom. The van der Waals surface area contributed by atoms with Crippen LogP contribution in [0.3, 0.4) is 0 Å². The van der Waals surface area contributed by atoms with E-state index in [2.05, 4.69) is 9.55 Å². The standard InChI is InChI=1S/C30H24N2O4/c1-19-22(31-30(36-19)20-10-4-3-5-11-20)18-35-29-25(15-9-17-27(29)34-2)32-23-13-7-6-12-21(23)28-24(32)14-8-16-26(28)33/h3-17,33H,18H2,1-2H3. The van der Waals surface area contributed by atoms with Crippen molar-refractivity contribution in [2.45, 2.75) is 13.5 Å². The molecule has 2 heterocycles. The van der Waals surface area contributed by atoms with Crippen LogP contribution in [0.25, 0.3) is 38.9 Å². The molecule has 2 aromatic heterocycles. The molecular weight excluding hydrogens is 452 g/mol. The van der Waals surface area contributed by atoms with Crippen LogP contribution in [0.15, 0.2) is 95.4 Å². The van der Waals surface area contributed by atoms with Crippen LogP contribution >= 0.6 is 0 Å². The summed E-state index contributed by atoms with van der Waals surface area (Å²) < 4.78 is 20.1. The second-order valence-electron chi connectivity index (χ2n) is 8.51. The van der Waals surface area contributed by atoms with Crippen LogP contribution in [0.5, 0.6) is 17.2 Å². The van der Waals surface area contributed by atoms with E-state index in [-0.39, 0.29) is 12.4 Å². The van der Waals surface area contributed by atoms with Crippen LogP contribution < -0.4 is 9.47 Å². The van der Waals surface area contributed by atoms with Gasteiger partial charge in [-0.05, 0) is 49.4 Å². The number of hydrogen-bond acceptors (Lipinski definition) is 5. The van der Waals surface area contributed by atoms with Gasteiger partial charge in [0.1, 0.15) is 23.8 Å². The van der Waals surface area contributed by atoms with Crippen molar-refractivity contribution >= 4 is 21.8 Å². The first-order chi connectivity index (χ1) is 17.7. The first kappa shape index (κ1) is 21.8. The average Bonchev–Trinajstić information content (AvgIpc) is 3.46. The fourth-order valence-electron chi connectivity index (χ4n) is 4.65. The fourth-order valence-corrected chi connectivity index (χ4v) is 4.65. The van der Waals surface area contributed by atoms with E-state index in [9.17, 15) is 5.11 Å². The van der Waals surface area contributed by atoms with E-state index in [0.29, 0.717) is 28.8 Å². The van der Waals surface area contributed by atoms with Crippen molar-refractivity contribution in [1.29, 1.82) is 0 Å². The highest BCUT2D eigenvalue weighted by atomic mass is 16.5. The number of aromatic nitrogens is 2. The predicted molar refractivity (Wildman–Crippen MR) is 140 cm³/mol. The van der Waals surface area contributed by atoms with Crippen LogP contribution in [-0.2, 0) is 6.61 Å². The Morgan fingerprint density at radius 2 is 1.61 bits per heavy atom. The van der Waals surface area contributed by atoms with E-state index in [1.54, 1.807) is 13.2 Å². The Kier molecular flexibility index (Phi) is 5.34. The zero-order chi connectivity index (χ0) is 24.6. The summed E-state index contributed by atoms with van der Waals surface area (Å²) in [4.78, 5) is 4.68. The molecule has 0 fully saturated rings. The Morgan fingerprint density at radius 3 is 2.44 bits per heavy atom. The monoisotopic (exact) mass is 476 g/mol. The molecule has 0 saturated carbocycles. The smallest absolute Gasteiger partial charge is 0.226 e. The molecule has 178 valence electrons. The Labute approximate surface area is 208 Å². The second kappa shape index (κ2) is 8.82. The molecule has 0 saturated heterocycles. The zero-order valence-corrected chi connectivity index (χ0v) is 19.9. The average molecular weight is 477 g/mol. The number of aryl methyl sites for hydroxylation is 1. The lowest BCUT2D eigenvalue weighted by Gasteiger charge is -2.17. The number of hydrogen-bond donors (Lipinski definition) is 1. The highest BCUT2D eigenvalue weighted by Crippen LogP contribution is 2.42. The summed E-state index contributed by atoms with van der Waals surface area (Å²) in [7, 11) is 1.62. The molecule has 6 heteroatoms. The molecule has 6 nitrogen and oxygen atoms in total. The summed E-state index contributed by atoms with van der Waals surface area (Å²) in [5, 5.41) is 12.4. The van der Waals surface area contributed by atoms with E-state index >= 15 is 0 Å². The minimum atomic E-state index is 0.206. The van der Waals surface area contributed by atoms with Crippen molar-refractivity contribution in [3.8, 4) is 34.4 Å². The van der Waals surface area contributed by atoms with E-state index in [1.807, 2.05) is 91.9 Å². The molecular formula is C30H24N2O4. The molecule has 0 aliphatic carbocycles. The molecule has 4 aromatic carbocycles. The van der Waals surface area contributed by atoms with Gasteiger partial charge in [0, 0.05) is 16.3 Å². The van der Waals surface area contributed by atoms with Gasteiger partial charge >= 0.3 is 0 Å². The maximum atomic E-state index is 10.7. The number of rotatable bonds is 6. The normalized spacial score (nSPS) is 11.3. The van der Waals surface area contributed by atoms with Crippen molar-refractivity contribution in [3.63, 3.8) is 0 Å². The number of oxazole rings is 1. The number of benzene rings is 4. The number of para-hydroxylation sites is 2. The number of phenolic OH excluding ortho intramolecular Hbond substituents is 1. The van der Waals surface area contributed by atoms with Crippen LogP contribution in [0, 0.1) is 6.92 Å². The van der Waals surface area contributed by atoms with Crippen molar-refractivity contribution in [1.82, 2.24) is 9.55 Å². The predicted octanol–water partition coefficient (Wildman–Crippen LogP) is 7.04. The van der Waals surface area contributed by atoms with Gasteiger partial charge < -0.3 is 23.6 Å². The molecule has 0 spiro atoms. The number of fused-ring (bicyclic) bond motifs is 3. The fraction of sp³-hybridized carbons (Fsp3) is 0.100. The van der Waals surface area contributed by atoms with Crippen molar-refractivity contribution < 1.29 is 19.0 Å². The summed E-state index contributed by atoms with van der Waals surface area (Å²) in [5.74, 6) is 2.68. The molecule has 0 atom stereocenters. The van der Waals surface area contributed by atoms with Gasteiger partial charge in [0.15, 0.2) is 11.5 Å². The van der Waals surface area contributed by atoms with E-state index in [1.165, 1.54) is 0 Å². The van der Waals surface area contributed by atoms with Gasteiger partial charge in [-0.25, -0.2) is 4.98 Å². The molecule has 0 aliphatic heterocycles. The summed E-state index contributed by atoms with van der Waals surface area (Å²) in [6.07, 6.45) is 0. The SMILES string of the molecule is COc1cccc(-n2c3ccccc3c3c(O)cccc32)c1OCc1nc(-c2ccccc2)oc1C. The lowest BCUT2D eigenvalue weighted by Crippen LogP contribution is -2.04. The third-order valence-corrected chi connectivity index (χ3v) is 6.36. The number of ether oxygens (including phenoxy) is 2. The largest absolute Gasteiger partial charge is 0.507 e. The van der Waals surface area contributed by atoms with E-state index in [0.717, 1.165) is 33.1 Å². The van der Waals surface area contributed by atoms with Gasteiger partial charge in [0.05, 0.1) is 23.8 Å². The number of methoxy groups -OCH3 is 1. The van der Waals surface area contributed by atoms with Gasteiger partial charge in [-0.3, -0.25) is 0 Å². The molecule has 1 N–H and O–H groups in total. The molecule has 0 bridgehead atoms. The van der Waals surface area contributed by atoms with Gasteiger partial charge in [-0.15, -0.1) is 0 Å². The summed E-state index contributed by atoms with van der Waals surface area (Å²) >= 11 is 0. The molecule has 0 radical (unpaired) electrons. The zero-order valence-electron chi connectivity index (χ0n) is 19.9. The van der Waals surface area contributed by atoms with Crippen molar-refractivity contribution in [2.75, 3.05) is 7.11 Å². The third kappa shape index (κ3) is 3.55. The number of nitrogens with zero attached hydrogens (tertiary/aromatic N) is 2. The van der Waals surface area contributed by atoms with Crippen LogP contribution in [-0.4, -0.2) is 21.8 Å². The lowest BCUT2D eigenvalue weighted by molar-refractivity contribution is 0.279. The summed E-state index contributed by atoms with van der Waals surface area (Å²) in [6.45, 7) is 2.09. The highest BCUT2D eigenvalue weighted by molar-refractivity contribution is 6.12. The first-order valence-electron chi connectivity index (χ1n) is 11.7. The minimum Gasteiger partial charge on any atom is -0.507 e. The summed E-state index contributed by atoms with van der Waals surface area (Å²) in [5.41, 5.74) is 4.26. The lowest BCUT2D eigenvalue weighted by atomic mass is 10.1. The topological polar surface area (TPSA) is 69.7 Å².